The maximum Gasteiger partial charge on any atom is 0.305 e. The molecule has 0 aliphatic rings. The summed E-state index contributed by atoms with van der Waals surface area (Å²) in [6, 6.07) is -0.626. The lowest BCUT2D eigenvalue weighted by Crippen LogP contribution is -2.45. The molecule has 0 bridgehead atoms. The monoisotopic (exact) mass is 1100 g/mol. The molecule has 0 aromatic rings. The number of rotatable bonds is 67. The molecule has 0 aliphatic carbocycles. The van der Waals surface area contributed by atoms with Gasteiger partial charge in [-0.1, -0.05) is 359 Å². The predicted octanol–water partition coefficient (Wildman–Crippen LogP) is 22.9. The lowest BCUT2D eigenvalue weighted by Gasteiger charge is -2.20. The number of carbonyl (C=O) groups excluding carboxylic acids is 2. The van der Waals surface area contributed by atoms with Crippen molar-refractivity contribution in [2.24, 2.45) is 0 Å². The summed E-state index contributed by atoms with van der Waals surface area (Å²) in [6.07, 6.45) is 85.5. The van der Waals surface area contributed by atoms with Crippen LogP contribution < -0.4 is 5.32 Å². The second-order valence-corrected chi connectivity index (χ2v) is 24.6. The van der Waals surface area contributed by atoms with Gasteiger partial charge in [-0.25, -0.2) is 0 Å². The van der Waals surface area contributed by atoms with E-state index in [1.807, 2.05) is 6.08 Å². The Hall–Kier alpha value is -1.66. The van der Waals surface area contributed by atoms with E-state index in [-0.39, 0.29) is 18.5 Å². The van der Waals surface area contributed by atoms with Gasteiger partial charge in [0.2, 0.25) is 5.91 Å². The Morgan fingerprint density at radius 2 is 0.615 bits per heavy atom. The van der Waals surface area contributed by atoms with E-state index in [1.54, 1.807) is 6.08 Å². The van der Waals surface area contributed by atoms with Gasteiger partial charge in [-0.15, -0.1) is 0 Å². The first-order valence-corrected chi connectivity index (χ1v) is 35.6. The molecule has 78 heavy (non-hydrogen) atoms. The first-order valence-electron chi connectivity index (χ1n) is 35.6. The molecule has 0 radical (unpaired) electrons. The number of nitrogens with one attached hydrogen (secondary N) is 1. The summed E-state index contributed by atoms with van der Waals surface area (Å²) in [4.78, 5) is 24.5. The van der Waals surface area contributed by atoms with Crippen LogP contribution in [-0.2, 0) is 14.3 Å². The van der Waals surface area contributed by atoms with Gasteiger partial charge in [0.05, 0.1) is 25.4 Å². The maximum atomic E-state index is 12.5. The third-order valence-corrected chi connectivity index (χ3v) is 16.7. The Bertz CT molecular complexity index is 1220. The van der Waals surface area contributed by atoms with E-state index in [2.05, 4.69) is 31.3 Å². The summed E-state index contributed by atoms with van der Waals surface area (Å²) in [7, 11) is 0. The molecule has 0 rings (SSSR count). The number of hydrogen-bond acceptors (Lipinski definition) is 5. The van der Waals surface area contributed by atoms with Crippen LogP contribution in [-0.4, -0.2) is 47.4 Å². The normalized spacial score (nSPS) is 12.6. The first-order chi connectivity index (χ1) is 38.5. The van der Waals surface area contributed by atoms with Crippen molar-refractivity contribution in [3.05, 3.63) is 24.3 Å². The minimum atomic E-state index is -0.843. The zero-order valence-electron chi connectivity index (χ0n) is 52.9. The lowest BCUT2D eigenvalue weighted by molar-refractivity contribution is -0.143. The highest BCUT2D eigenvalue weighted by atomic mass is 16.5. The maximum absolute atomic E-state index is 12.5. The zero-order chi connectivity index (χ0) is 56.4. The van der Waals surface area contributed by atoms with Crippen molar-refractivity contribution >= 4 is 11.9 Å². The third kappa shape index (κ3) is 63.5. The van der Waals surface area contributed by atoms with Crippen LogP contribution in [0.5, 0.6) is 0 Å². The van der Waals surface area contributed by atoms with E-state index in [9.17, 15) is 19.8 Å². The number of aliphatic hydroxyl groups is 2. The summed E-state index contributed by atoms with van der Waals surface area (Å²) in [6.45, 7) is 4.91. The van der Waals surface area contributed by atoms with E-state index in [0.717, 1.165) is 44.9 Å². The van der Waals surface area contributed by atoms with Crippen LogP contribution >= 0.6 is 0 Å². The quantitative estimate of drug-likeness (QED) is 0.0320. The third-order valence-electron chi connectivity index (χ3n) is 16.7. The summed E-state index contributed by atoms with van der Waals surface area (Å²) in [5.41, 5.74) is 0. The van der Waals surface area contributed by atoms with Gasteiger partial charge in [0, 0.05) is 12.8 Å². The molecule has 2 atom stereocenters. The summed E-state index contributed by atoms with van der Waals surface area (Å²) in [5.74, 6) is -0.0517. The van der Waals surface area contributed by atoms with Crippen LogP contribution in [0.25, 0.3) is 0 Å². The number of amides is 1. The fraction of sp³-hybridized carbons (Fsp3) is 0.917. The van der Waals surface area contributed by atoms with Gasteiger partial charge in [-0.05, 0) is 51.4 Å². The predicted molar refractivity (Wildman–Crippen MR) is 343 cm³/mol. The van der Waals surface area contributed by atoms with Gasteiger partial charge in [0.1, 0.15) is 0 Å². The van der Waals surface area contributed by atoms with Crippen molar-refractivity contribution in [2.75, 3.05) is 13.2 Å². The summed E-state index contributed by atoms with van der Waals surface area (Å²) in [5, 5.41) is 23.3. The van der Waals surface area contributed by atoms with Crippen LogP contribution in [0.1, 0.15) is 399 Å². The number of hydrogen-bond donors (Lipinski definition) is 3. The van der Waals surface area contributed by atoms with Crippen molar-refractivity contribution < 1.29 is 24.5 Å². The molecule has 0 saturated carbocycles. The first kappa shape index (κ1) is 76.3. The van der Waals surface area contributed by atoms with Gasteiger partial charge >= 0.3 is 5.97 Å². The topological polar surface area (TPSA) is 95.9 Å². The van der Waals surface area contributed by atoms with E-state index < -0.39 is 12.1 Å². The minimum absolute atomic E-state index is 0.00859. The second kappa shape index (κ2) is 67.8. The van der Waals surface area contributed by atoms with E-state index in [0.29, 0.717) is 19.4 Å². The molecule has 6 heteroatoms. The zero-order valence-corrected chi connectivity index (χ0v) is 52.9. The molecule has 462 valence electrons. The van der Waals surface area contributed by atoms with Gasteiger partial charge < -0.3 is 20.3 Å². The molecule has 0 heterocycles. The van der Waals surface area contributed by atoms with Crippen LogP contribution in [0.2, 0.25) is 0 Å². The van der Waals surface area contributed by atoms with E-state index in [1.165, 1.54) is 327 Å². The summed E-state index contributed by atoms with van der Waals surface area (Å²) >= 11 is 0. The molecule has 3 N–H and O–H groups in total. The van der Waals surface area contributed by atoms with Crippen molar-refractivity contribution in [3.8, 4) is 0 Å². The van der Waals surface area contributed by atoms with Crippen molar-refractivity contribution in [2.45, 2.75) is 411 Å². The molecule has 2 unspecified atom stereocenters. The Labute approximate surface area is 488 Å². The molecule has 0 aromatic carbocycles. The fourth-order valence-electron chi connectivity index (χ4n) is 11.3. The molecular formula is C72H139NO5. The average molecular weight is 1100 g/mol. The second-order valence-electron chi connectivity index (χ2n) is 24.6. The molecular weight excluding hydrogens is 959 g/mol. The standard InChI is InChI=1S/C72H139NO5/c1-3-5-7-9-11-13-15-16-17-18-19-29-32-35-38-41-45-48-52-56-60-64-70(75)69(68-74)73-71(76)65-61-57-53-49-46-42-39-36-33-30-27-25-23-21-20-22-24-26-28-31-34-37-40-43-47-51-55-59-63-67-78-72(77)66-62-58-54-50-44-14-12-10-8-6-4-2/h10,12,60,64,69-70,74-75H,3-9,11,13-59,61-63,65-68H2,1-2H3,(H,73,76)/b12-10-,64-60+. The number of unbranched alkanes of at least 4 members (excludes halogenated alkanes) is 54. The van der Waals surface area contributed by atoms with Crippen LogP contribution in [0, 0.1) is 0 Å². The number of allylic oxidation sites excluding steroid dienone is 3. The van der Waals surface area contributed by atoms with Crippen LogP contribution in [0.3, 0.4) is 0 Å². The van der Waals surface area contributed by atoms with E-state index in [4.69, 9.17) is 4.74 Å². The van der Waals surface area contributed by atoms with Crippen molar-refractivity contribution in [1.82, 2.24) is 5.32 Å². The lowest BCUT2D eigenvalue weighted by atomic mass is 10.0. The molecule has 0 fully saturated rings. The Morgan fingerprint density at radius 1 is 0.346 bits per heavy atom. The molecule has 0 saturated heterocycles. The number of carbonyl (C=O) groups is 2. The highest BCUT2D eigenvalue weighted by molar-refractivity contribution is 5.76. The minimum Gasteiger partial charge on any atom is -0.466 e. The van der Waals surface area contributed by atoms with Gasteiger partial charge in [-0.3, -0.25) is 9.59 Å². The number of ether oxygens (including phenoxy) is 1. The average Bonchev–Trinajstić information content (AvgIpc) is 3.44. The van der Waals surface area contributed by atoms with Crippen molar-refractivity contribution in [1.29, 1.82) is 0 Å². The van der Waals surface area contributed by atoms with Crippen molar-refractivity contribution in [3.63, 3.8) is 0 Å². The largest absolute Gasteiger partial charge is 0.466 e. The molecule has 6 nitrogen and oxygen atoms in total. The summed E-state index contributed by atoms with van der Waals surface area (Å²) < 4.78 is 5.47. The molecule has 1 amide bonds. The number of aliphatic hydroxyl groups excluding tert-OH is 2. The molecule has 0 spiro atoms. The SMILES string of the molecule is CCCC/C=C\CCCCCCCC(=O)OCCCCCCCCCCCCCCCCCCCCCCCCCCCCCCCC(=O)NC(CO)C(O)/C=C/CCCCCCCCCCCCCCCCCCCCC. The highest BCUT2D eigenvalue weighted by Gasteiger charge is 2.18. The van der Waals surface area contributed by atoms with Crippen LogP contribution in [0.4, 0.5) is 0 Å². The highest BCUT2D eigenvalue weighted by Crippen LogP contribution is 2.19. The fourth-order valence-corrected chi connectivity index (χ4v) is 11.3. The smallest absolute Gasteiger partial charge is 0.305 e. The van der Waals surface area contributed by atoms with Gasteiger partial charge in [0.25, 0.3) is 0 Å². The van der Waals surface area contributed by atoms with E-state index >= 15 is 0 Å². The van der Waals surface area contributed by atoms with Gasteiger partial charge in [-0.2, -0.15) is 0 Å². The Kier molecular flexibility index (Phi) is 66.4. The Balaban J connectivity index is 3.37. The molecule has 0 aliphatic heterocycles. The van der Waals surface area contributed by atoms with Crippen LogP contribution in [0.15, 0.2) is 24.3 Å². The van der Waals surface area contributed by atoms with Gasteiger partial charge in [0.15, 0.2) is 0 Å². The molecule has 0 aromatic heterocycles. The number of esters is 1. The Morgan fingerprint density at radius 3 is 0.949 bits per heavy atom.